The number of nitrogens with zero attached hydrogens (tertiary/aromatic N) is 1. The van der Waals surface area contributed by atoms with Crippen LogP contribution in [0, 0.1) is 0 Å². The second-order valence-electron chi connectivity index (χ2n) is 7.23. The van der Waals surface area contributed by atoms with Crippen molar-refractivity contribution in [2.75, 3.05) is 16.8 Å². The molecule has 0 saturated heterocycles. The molecule has 0 aromatic heterocycles. The Kier molecular flexibility index (Phi) is 5.49. The van der Waals surface area contributed by atoms with Gasteiger partial charge < -0.3 is 10.1 Å². The molecule has 0 spiro atoms. The van der Waals surface area contributed by atoms with Crippen LogP contribution < -0.4 is 15.0 Å². The number of benzene rings is 2. The van der Waals surface area contributed by atoms with Gasteiger partial charge in [-0.1, -0.05) is 26.0 Å². The molecular weight excluding hydrogens is 356 g/mol. The maximum absolute atomic E-state index is 12.8. The van der Waals surface area contributed by atoms with Crippen molar-refractivity contribution in [3.05, 3.63) is 53.6 Å². The predicted molar refractivity (Wildman–Crippen MR) is 108 cm³/mol. The number of ketones is 1. The molecule has 2 amide bonds. The lowest BCUT2D eigenvalue weighted by molar-refractivity contribution is -0.125. The summed E-state index contributed by atoms with van der Waals surface area (Å²) in [6.07, 6.45) is 0. The molecule has 0 fully saturated rings. The number of amides is 2. The van der Waals surface area contributed by atoms with Gasteiger partial charge in [-0.05, 0) is 55.7 Å². The Bertz CT molecular complexity index is 919. The number of carbonyl (C=O) groups is 3. The van der Waals surface area contributed by atoms with E-state index in [0.717, 1.165) is 0 Å². The molecule has 1 unspecified atom stereocenters. The molecule has 2 aromatic carbocycles. The summed E-state index contributed by atoms with van der Waals surface area (Å²) in [5, 5.41) is 2.85. The zero-order chi connectivity index (χ0) is 20.4. The molecule has 1 N–H and O–H groups in total. The van der Waals surface area contributed by atoms with Crippen molar-refractivity contribution in [2.24, 2.45) is 0 Å². The molecule has 6 nitrogen and oxygen atoms in total. The Morgan fingerprint density at radius 2 is 1.75 bits per heavy atom. The highest BCUT2D eigenvalue weighted by Gasteiger charge is 2.33. The monoisotopic (exact) mass is 380 g/mol. The SMILES string of the molecule is CC(=O)c1ccc2c(c1)N(C(C)C(=O)Nc1ccc(C(C)C)cc1)C(=O)CO2. The van der Waals surface area contributed by atoms with Gasteiger partial charge in [0.25, 0.3) is 5.91 Å². The quantitative estimate of drug-likeness (QED) is 0.802. The van der Waals surface area contributed by atoms with E-state index in [2.05, 4.69) is 19.2 Å². The fourth-order valence-corrected chi connectivity index (χ4v) is 3.13. The second kappa shape index (κ2) is 7.84. The summed E-state index contributed by atoms with van der Waals surface area (Å²) < 4.78 is 5.45. The number of rotatable bonds is 5. The Hall–Kier alpha value is -3.15. The molecule has 0 radical (unpaired) electrons. The standard InChI is InChI=1S/C22H24N2O4/c1-13(2)16-5-8-18(9-6-16)23-22(27)14(3)24-19-11-17(15(4)25)7-10-20(19)28-12-21(24)26/h5-11,13-14H,12H2,1-4H3,(H,23,27). The molecule has 28 heavy (non-hydrogen) atoms. The van der Waals surface area contributed by atoms with E-state index in [0.29, 0.717) is 28.6 Å². The Balaban J connectivity index is 1.84. The van der Waals surface area contributed by atoms with E-state index in [9.17, 15) is 14.4 Å². The fourth-order valence-electron chi connectivity index (χ4n) is 3.13. The first-order valence-corrected chi connectivity index (χ1v) is 9.28. The first-order chi connectivity index (χ1) is 13.3. The minimum atomic E-state index is -0.762. The van der Waals surface area contributed by atoms with E-state index in [1.165, 1.54) is 17.4 Å². The molecule has 1 atom stereocenters. The number of Topliss-reactive ketones (excluding diaryl/α,β-unsaturated/α-hetero) is 1. The molecule has 1 heterocycles. The van der Waals surface area contributed by atoms with Crippen LogP contribution in [0.4, 0.5) is 11.4 Å². The van der Waals surface area contributed by atoms with Crippen molar-refractivity contribution in [3.8, 4) is 5.75 Å². The lowest BCUT2D eigenvalue weighted by Gasteiger charge is -2.33. The highest BCUT2D eigenvalue weighted by Crippen LogP contribution is 2.34. The summed E-state index contributed by atoms with van der Waals surface area (Å²) in [6.45, 7) is 7.17. The second-order valence-corrected chi connectivity index (χ2v) is 7.23. The third-order valence-electron chi connectivity index (χ3n) is 4.86. The van der Waals surface area contributed by atoms with Crippen LogP contribution in [-0.4, -0.2) is 30.2 Å². The average molecular weight is 380 g/mol. The topological polar surface area (TPSA) is 75.7 Å². The molecule has 3 rings (SSSR count). The maximum atomic E-state index is 12.8. The number of anilines is 2. The van der Waals surface area contributed by atoms with Crippen LogP contribution in [0.2, 0.25) is 0 Å². The molecule has 1 aliphatic heterocycles. The summed E-state index contributed by atoms with van der Waals surface area (Å²) in [4.78, 5) is 38.4. The normalized spacial score (nSPS) is 14.3. The summed E-state index contributed by atoms with van der Waals surface area (Å²) >= 11 is 0. The van der Waals surface area contributed by atoms with Gasteiger partial charge in [-0.15, -0.1) is 0 Å². The number of hydrogen-bond donors (Lipinski definition) is 1. The lowest BCUT2D eigenvalue weighted by Crippen LogP contribution is -2.49. The molecule has 2 aromatic rings. The predicted octanol–water partition coefficient (Wildman–Crippen LogP) is 3.77. The summed E-state index contributed by atoms with van der Waals surface area (Å²) in [5.41, 5.74) is 2.74. The Morgan fingerprint density at radius 3 is 2.36 bits per heavy atom. The van der Waals surface area contributed by atoms with Gasteiger partial charge in [0, 0.05) is 11.3 Å². The van der Waals surface area contributed by atoms with Crippen molar-refractivity contribution in [3.63, 3.8) is 0 Å². The van der Waals surface area contributed by atoms with Crippen LogP contribution in [0.3, 0.4) is 0 Å². The maximum Gasteiger partial charge on any atom is 0.265 e. The fraction of sp³-hybridized carbons (Fsp3) is 0.318. The number of hydrogen-bond acceptors (Lipinski definition) is 4. The van der Waals surface area contributed by atoms with Crippen LogP contribution >= 0.6 is 0 Å². The van der Waals surface area contributed by atoms with Crippen LogP contribution in [0.15, 0.2) is 42.5 Å². The van der Waals surface area contributed by atoms with Crippen molar-refractivity contribution < 1.29 is 19.1 Å². The van der Waals surface area contributed by atoms with E-state index in [1.807, 2.05) is 24.3 Å². The Labute approximate surface area is 164 Å². The number of carbonyl (C=O) groups excluding carboxylic acids is 3. The van der Waals surface area contributed by atoms with Crippen LogP contribution in [-0.2, 0) is 9.59 Å². The van der Waals surface area contributed by atoms with Gasteiger partial charge in [0.2, 0.25) is 5.91 Å². The molecule has 146 valence electrons. The molecular formula is C22H24N2O4. The van der Waals surface area contributed by atoms with Crippen molar-refractivity contribution in [1.82, 2.24) is 0 Å². The van der Waals surface area contributed by atoms with Gasteiger partial charge in [-0.2, -0.15) is 0 Å². The molecule has 0 saturated carbocycles. The lowest BCUT2D eigenvalue weighted by atomic mass is 10.0. The smallest absolute Gasteiger partial charge is 0.265 e. The molecule has 1 aliphatic rings. The molecule has 0 bridgehead atoms. The summed E-state index contributed by atoms with van der Waals surface area (Å²) in [6, 6.07) is 11.8. The third-order valence-corrected chi connectivity index (χ3v) is 4.86. The van der Waals surface area contributed by atoms with Crippen molar-refractivity contribution in [1.29, 1.82) is 0 Å². The summed E-state index contributed by atoms with van der Waals surface area (Å²) in [5.74, 6) is 0.119. The summed E-state index contributed by atoms with van der Waals surface area (Å²) in [7, 11) is 0. The van der Waals surface area contributed by atoms with E-state index in [4.69, 9.17) is 4.74 Å². The first-order valence-electron chi connectivity index (χ1n) is 9.28. The van der Waals surface area contributed by atoms with Crippen molar-refractivity contribution >= 4 is 29.0 Å². The minimum absolute atomic E-state index is 0.122. The van der Waals surface area contributed by atoms with Gasteiger partial charge >= 0.3 is 0 Å². The van der Waals surface area contributed by atoms with Crippen LogP contribution in [0.25, 0.3) is 0 Å². The third kappa shape index (κ3) is 3.91. The zero-order valence-electron chi connectivity index (χ0n) is 16.5. The zero-order valence-corrected chi connectivity index (χ0v) is 16.5. The first kappa shape index (κ1) is 19.6. The largest absolute Gasteiger partial charge is 0.482 e. The number of nitrogens with one attached hydrogen (secondary N) is 1. The number of fused-ring (bicyclic) bond motifs is 1. The van der Waals surface area contributed by atoms with Crippen LogP contribution in [0.1, 0.15) is 49.5 Å². The average Bonchev–Trinajstić information content (AvgIpc) is 2.67. The number of ether oxygens (including phenoxy) is 1. The minimum Gasteiger partial charge on any atom is -0.482 e. The van der Waals surface area contributed by atoms with Gasteiger partial charge in [0.05, 0.1) is 5.69 Å². The van der Waals surface area contributed by atoms with E-state index in [1.54, 1.807) is 25.1 Å². The van der Waals surface area contributed by atoms with Gasteiger partial charge in [-0.3, -0.25) is 19.3 Å². The van der Waals surface area contributed by atoms with E-state index in [-0.39, 0.29) is 24.2 Å². The van der Waals surface area contributed by atoms with E-state index >= 15 is 0 Å². The van der Waals surface area contributed by atoms with Crippen LogP contribution in [0.5, 0.6) is 5.75 Å². The highest BCUT2D eigenvalue weighted by molar-refractivity contribution is 6.07. The van der Waals surface area contributed by atoms with Gasteiger partial charge in [-0.25, -0.2) is 0 Å². The van der Waals surface area contributed by atoms with Gasteiger partial charge in [0.15, 0.2) is 12.4 Å². The highest BCUT2D eigenvalue weighted by atomic mass is 16.5. The molecule has 0 aliphatic carbocycles. The van der Waals surface area contributed by atoms with E-state index < -0.39 is 6.04 Å². The van der Waals surface area contributed by atoms with Gasteiger partial charge in [0.1, 0.15) is 11.8 Å². The van der Waals surface area contributed by atoms with Crippen molar-refractivity contribution in [2.45, 2.75) is 39.7 Å². The molecule has 6 heteroatoms. The Morgan fingerprint density at radius 1 is 1.07 bits per heavy atom.